The van der Waals surface area contributed by atoms with E-state index in [0.717, 1.165) is 32.5 Å². The summed E-state index contributed by atoms with van der Waals surface area (Å²) in [6, 6.07) is 16.0. The van der Waals surface area contributed by atoms with Crippen molar-refractivity contribution in [2.45, 2.75) is 25.4 Å². The molecule has 196 valence electrons. The third-order valence-electron chi connectivity index (χ3n) is 7.85. The standard InChI is InChI=1S/C30H31FN4O3/c1-32(2)26-10-7-19(21-5-3-4-6-22(21)26)17-33-11-13-34(14-12-33)28-16-27-23(15-25(28)31)29(36)24(30(37)38)18-35(27)20-8-9-20/h3-7,10,15-16,18,20H,8-9,11-14,17H2,1-2H3,(H,37,38). The summed E-state index contributed by atoms with van der Waals surface area (Å²) in [6.45, 7) is 3.72. The van der Waals surface area contributed by atoms with Crippen LogP contribution in [0.2, 0.25) is 0 Å². The van der Waals surface area contributed by atoms with Gasteiger partial charge >= 0.3 is 5.97 Å². The molecule has 7 nitrogen and oxygen atoms in total. The zero-order chi connectivity index (χ0) is 26.6. The van der Waals surface area contributed by atoms with Crippen molar-refractivity contribution >= 4 is 39.0 Å². The number of hydrogen-bond donors (Lipinski definition) is 1. The van der Waals surface area contributed by atoms with Crippen molar-refractivity contribution in [3.8, 4) is 0 Å². The molecule has 0 spiro atoms. The number of halogens is 1. The highest BCUT2D eigenvalue weighted by Crippen LogP contribution is 2.38. The zero-order valence-electron chi connectivity index (χ0n) is 21.7. The summed E-state index contributed by atoms with van der Waals surface area (Å²) in [7, 11) is 4.11. The van der Waals surface area contributed by atoms with Crippen LogP contribution in [0.15, 0.2) is 59.5 Å². The summed E-state index contributed by atoms with van der Waals surface area (Å²) in [5, 5.41) is 12.1. The van der Waals surface area contributed by atoms with Gasteiger partial charge in [0.15, 0.2) is 0 Å². The molecule has 4 aromatic rings. The molecule has 2 aliphatic rings. The lowest BCUT2D eigenvalue weighted by molar-refractivity contribution is 0.0695. The maximum atomic E-state index is 15.3. The molecule has 0 radical (unpaired) electrons. The van der Waals surface area contributed by atoms with E-state index in [-0.39, 0.29) is 17.0 Å². The number of aromatic carboxylic acids is 1. The molecule has 3 aromatic carbocycles. The fourth-order valence-electron chi connectivity index (χ4n) is 5.67. The first kappa shape index (κ1) is 24.4. The molecule has 0 unspecified atom stereocenters. The number of carboxylic acids is 1. The van der Waals surface area contributed by atoms with E-state index in [2.05, 4.69) is 60.3 Å². The molecule has 1 aromatic heterocycles. The molecule has 2 heterocycles. The second-order valence-corrected chi connectivity index (χ2v) is 10.6. The Morgan fingerprint density at radius 2 is 1.71 bits per heavy atom. The second kappa shape index (κ2) is 9.44. The fraction of sp³-hybridized carbons (Fsp3) is 0.333. The molecule has 1 saturated carbocycles. The molecule has 0 atom stereocenters. The quantitative estimate of drug-likeness (QED) is 0.402. The number of anilines is 2. The van der Waals surface area contributed by atoms with E-state index in [1.165, 1.54) is 34.3 Å². The number of rotatable bonds is 6. The number of pyridine rings is 1. The van der Waals surface area contributed by atoms with Crippen LogP contribution in [0, 0.1) is 5.82 Å². The third kappa shape index (κ3) is 4.28. The fourth-order valence-corrected chi connectivity index (χ4v) is 5.67. The van der Waals surface area contributed by atoms with Crippen molar-refractivity contribution in [3.63, 3.8) is 0 Å². The summed E-state index contributed by atoms with van der Waals surface area (Å²) in [5.41, 5.74) is 2.60. The van der Waals surface area contributed by atoms with Crippen LogP contribution in [0.5, 0.6) is 0 Å². The van der Waals surface area contributed by atoms with E-state index >= 15 is 4.39 Å². The average molecular weight is 515 g/mol. The van der Waals surface area contributed by atoms with Crippen LogP contribution in [0.1, 0.15) is 34.8 Å². The van der Waals surface area contributed by atoms with Crippen LogP contribution in [0.3, 0.4) is 0 Å². The summed E-state index contributed by atoms with van der Waals surface area (Å²) in [5.74, 6) is -1.77. The molecule has 6 rings (SSSR count). The van der Waals surface area contributed by atoms with Crippen LogP contribution < -0.4 is 15.2 Å². The van der Waals surface area contributed by atoms with Gasteiger partial charge in [0.25, 0.3) is 0 Å². The van der Waals surface area contributed by atoms with Gasteiger partial charge < -0.3 is 19.5 Å². The number of aromatic nitrogens is 1. The molecule has 0 bridgehead atoms. The zero-order valence-corrected chi connectivity index (χ0v) is 21.7. The topological polar surface area (TPSA) is 69.0 Å². The second-order valence-electron chi connectivity index (χ2n) is 10.6. The van der Waals surface area contributed by atoms with Crippen molar-refractivity contribution in [1.82, 2.24) is 9.47 Å². The van der Waals surface area contributed by atoms with Crippen molar-refractivity contribution in [2.75, 3.05) is 50.1 Å². The highest BCUT2D eigenvalue weighted by molar-refractivity contribution is 5.96. The molecule has 0 amide bonds. The smallest absolute Gasteiger partial charge is 0.341 e. The molecule has 1 N–H and O–H groups in total. The summed E-state index contributed by atoms with van der Waals surface area (Å²) in [6.07, 6.45) is 3.27. The highest BCUT2D eigenvalue weighted by atomic mass is 19.1. The Balaban J connectivity index is 1.25. The minimum absolute atomic E-state index is 0.129. The molecule has 8 heteroatoms. The minimum Gasteiger partial charge on any atom is -0.477 e. The summed E-state index contributed by atoms with van der Waals surface area (Å²) < 4.78 is 17.2. The van der Waals surface area contributed by atoms with E-state index < -0.39 is 17.2 Å². The van der Waals surface area contributed by atoms with E-state index in [1.54, 1.807) is 6.07 Å². The molecule has 1 aliphatic heterocycles. The molecular formula is C30H31FN4O3. The highest BCUT2D eigenvalue weighted by Gasteiger charge is 2.28. The van der Waals surface area contributed by atoms with Crippen molar-refractivity contribution < 1.29 is 14.3 Å². The lowest BCUT2D eigenvalue weighted by Gasteiger charge is -2.36. The monoisotopic (exact) mass is 514 g/mol. The van der Waals surface area contributed by atoms with Crippen LogP contribution in [-0.2, 0) is 6.54 Å². The lowest BCUT2D eigenvalue weighted by atomic mass is 10.0. The Morgan fingerprint density at radius 1 is 1.00 bits per heavy atom. The van der Waals surface area contributed by atoms with E-state index in [9.17, 15) is 14.7 Å². The van der Waals surface area contributed by atoms with Gasteiger partial charge in [0.05, 0.1) is 11.2 Å². The van der Waals surface area contributed by atoms with E-state index in [4.69, 9.17) is 0 Å². The van der Waals surface area contributed by atoms with Gasteiger partial charge in [0, 0.05) is 75.5 Å². The molecule has 38 heavy (non-hydrogen) atoms. The van der Waals surface area contributed by atoms with Crippen LogP contribution >= 0.6 is 0 Å². The number of nitrogens with zero attached hydrogens (tertiary/aromatic N) is 4. The van der Waals surface area contributed by atoms with E-state index in [1.807, 2.05) is 9.47 Å². The molecule has 1 aliphatic carbocycles. The van der Waals surface area contributed by atoms with Gasteiger partial charge in [0.1, 0.15) is 11.4 Å². The van der Waals surface area contributed by atoms with Gasteiger partial charge in [-0.05, 0) is 42.0 Å². The van der Waals surface area contributed by atoms with Gasteiger partial charge in [0.2, 0.25) is 5.43 Å². The maximum Gasteiger partial charge on any atom is 0.341 e. The summed E-state index contributed by atoms with van der Waals surface area (Å²) in [4.78, 5) is 31.0. The number of hydrogen-bond acceptors (Lipinski definition) is 5. The van der Waals surface area contributed by atoms with Gasteiger partial charge in [-0.15, -0.1) is 0 Å². The first-order valence-electron chi connectivity index (χ1n) is 13.1. The number of piperazine rings is 1. The lowest BCUT2D eigenvalue weighted by Crippen LogP contribution is -2.46. The molecule has 2 fully saturated rings. The largest absolute Gasteiger partial charge is 0.477 e. The Bertz CT molecular complexity index is 1620. The normalized spacial score (nSPS) is 16.3. The first-order valence-corrected chi connectivity index (χ1v) is 13.1. The summed E-state index contributed by atoms with van der Waals surface area (Å²) >= 11 is 0. The van der Waals surface area contributed by atoms with Gasteiger partial charge in [-0.25, -0.2) is 9.18 Å². The number of fused-ring (bicyclic) bond motifs is 2. The Labute approximate surface area is 220 Å². The van der Waals surface area contributed by atoms with Crippen molar-refractivity contribution in [1.29, 1.82) is 0 Å². The minimum atomic E-state index is -1.28. The molecular weight excluding hydrogens is 483 g/mol. The van der Waals surface area contributed by atoms with E-state index in [0.29, 0.717) is 24.3 Å². The van der Waals surface area contributed by atoms with Crippen molar-refractivity contribution in [3.05, 3.63) is 81.9 Å². The molecule has 1 saturated heterocycles. The Kier molecular flexibility index (Phi) is 6.07. The Hall–Kier alpha value is -3.91. The van der Waals surface area contributed by atoms with Crippen LogP contribution in [-0.4, -0.2) is 60.8 Å². The van der Waals surface area contributed by atoms with Gasteiger partial charge in [-0.2, -0.15) is 0 Å². The Morgan fingerprint density at radius 3 is 2.37 bits per heavy atom. The van der Waals surface area contributed by atoms with Crippen molar-refractivity contribution in [2.24, 2.45) is 0 Å². The number of carbonyl (C=O) groups is 1. The third-order valence-corrected chi connectivity index (χ3v) is 7.85. The van der Waals surface area contributed by atoms with Crippen LogP contribution in [0.4, 0.5) is 15.8 Å². The first-order chi connectivity index (χ1) is 18.3. The number of carboxylic acid groups (broad SMARTS) is 1. The van der Waals surface area contributed by atoms with Gasteiger partial charge in [-0.3, -0.25) is 9.69 Å². The van der Waals surface area contributed by atoms with Gasteiger partial charge in [-0.1, -0.05) is 30.3 Å². The predicted molar refractivity (Wildman–Crippen MR) is 149 cm³/mol. The average Bonchev–Trinajstić information content (AvgIpc) is 3.75. The van der Waals surface area contributed by atoms with Crippen LogP contribution in [0.25, 0.3) is 21.7 Å². The number of benzene rings is 3. The maximum absolute atomic E-state index is 15.3. The predicted octanol–water partition coefficient (Wildman–Crippen LogP) is 4.72. The SMILES string of the molecule is CN(C)c1ccc(CN2CCN(c3cc4c(cc3F)c(=O)c(C(=O)O)cn4C3CC3)CC2)c2ccccc12.